The minimum absolute atomic E-state index is 0.0148. The Morgan fingerprint density at radius 1 is 1.27 bits per heavy atom. The number of rotatable bonds is 2. The zero-order valence-electron chi connectivity index (χ0n) is 8.49. The minimum atomic E-state index is -0.0148. The van der Waals surface area contributed by atoms with Crippen molar-refractivity contribution in [3.8, 4) is 11.5 Å². The fraction of sp³-hybridized carbons (Fsp3) is 0.300. The van der Waals surface area contributed by atoms with Crippen molar-refractivity contribution in [2.24, 2.45) is 0 Å². The number of methoxy groups -OCH3 is 2. The molecule has 5 heteroatoms. The molecule has 1 aliphatic heterocycles. The second-order valence-electron chi connectivity index (χ2n) is 3.01. The molecule has 2 rings (SSSR count). The lowest BCUT2D eigenvalue weighted by Crippen LogP contribution is -2.19. The van der Waals surface area contributed by atoms with Gasteiger partial charge in [-0.2, -0.15) is 0 Å². The summed E-state index contributed by atoms with van der Waals surface area (Å²) in [7, 11) is 3.19. The van der Waals surface area contributed by atoms with Gasteiger partial charge in [-0.25, -0.2) is 0 Å². The van der Waals surface area contributed by atoms with Crippen LogP contribution in [0.2, 0.25) is 0 Å². The molecule has 1 aromatic rings. The Labute approximate surface area is 91.9 Å². The van der Waals surface area contributed by atoms with E-state index in [-0.39, 0.29) is 5.91 Å². The number of amides is 1. The number of thioether (sulfide) groups is 1. The van der Waals surface area contributed by atoms with Crippen LogP contribution in [0.25, 0.3) is 0 Å². The highest BCUT2D eigenvalue weighted by atomic mass is 32.2. The first-order valence-corrected chi connectivity index (χ1v) is 5.42. The van der Waals surface area contributed by atoms with E-state index >= 15 is 0 Å². The topological polar surface area (TPSA) is 47.6 Å². The Hall–Kier alpha value is -1.36. The maximum Gasteiger partial charge on any atom is 0.234 e. The Balaban J connectivity index is 2.53. The van der Waals surface area contributed by atoms with Crippen LogP contribution in [-0.2, 0) is 4.79 Å². The van der Waals surface area contributed by atoms with Crippen molar-refractivity contribution >= 4 is 23.4 Å². The van der Waals surface area contributed by atoms with E-state index in [0.717, 1.165) is 10.6 Å². The van der Waals surface area contributed by atoms with Crippen molar-refractivity contribution in [1.82, 2.24) is 0 Å². The van der Waals surface area contributed by atoms with E-state index in [9.17, 15) is 4.79 Å². The van der Waals surface area contributed by atoms with Crippen molar-refractivity contribution in [3.63, 3.8) is 0 Å². The van der Waals surface area contributed by atoms with Crippen molar-refractivity contribution in [2.45, 2.75) is 4.90 Å². The number of nitrogens with one attached hydrogen (secondary N) is 1. The highest BCUT2D eigenvalue weighted by Gasteiger charge is 2.22. The first kappa shape index (κ1) is 10.2. The van der Waals surface area contributed by atoms with Gasteiger partial charge in [0.1, 0.15) is 17.2 Å². The van der Waals surface area contributed by atoms with Gasteiger partial charge in [-0.15, -0.1) is 11.8 Å². The summed E-state index contributed by atoms with van der Waals surface area (Å²) in [5.74, 6) is 1.82. The van der Waals surface area contributed by atoms with E-state index in [1.165, 1.54) is 11.8 Å². The first-order valence-electron chi connectivity index (χ1n) is 4.44. The molecule has 1 heterocycles. The molecule has 15 heavy (non-hydrogen) atoms. The van der Waals surface area contributed by atoms with Gasteiger partial charge in [0.25, 0.3) is 0 Å². The second-order valence-corrected chi connectivity index (χ2v) is 4.00. The molecule has 1 N–H and O–H groups in total. The molecular weight excluding hydrogens is 214 g/mol. The molecular formula is C10H11NO3S. The van der Waals surface area contributed by atoms with Crippen LogP contribution in [0.15, 0.2) is 17.0 Å². The minimum Gasteiger partial charge on any atom is -0.496 e. The molecule has 0 atom stereocenters. The third-order valence-corrected chi connectivity index (χ3v) is 3.24. The molecule has 0 aliphatic carbocycles. The highest BCUT2D eigenvalue weighted by Crippen LogP contribution is 2.44. The number of hydrogen-bond acceptors (Lipinski definition) is 4. The van der Waals surface area contributed by atoms with Crippen LogP contribution in [0, 0.1) is 0 Å². The third-order valence-electron chi connectivity index (χ3n) is 2.14. The van der Waals surface area contributed by atoms with Crippen molar-refractivity contribution < 1.29 is 14.3 Å². The number of anilines is 1. The molecule has 0 saturated carbocycles. The van der Waals surface area contributed by atoms with E-state index in [4.69, 9.17) is 9.47 Å². The van der Waals surface area contributed by atoms with Crippen LogP contribution in [0.4, 0.5) is 5.69 Å². The number of benzene rings is 1. The van der Waals surface area contributed by atoms with Gasteiger partial charge >= 0.3 is 0 Å². The van der Waals surface area contributed by atoms with Crippen LogP contribution in [-0.4, -0.2) is 25.9 Å². The van der Waals surface area contributed by atoms with E-state index in [1.54, 1.807) is 20.3 Å². The molecule has 0 unspecified atom stereocenters. The summed E-state index contributed by atoms with van der Waals surface area (Å²) in [5.41, 5.74) is 0.707. The zero-order valence-corrected chi connectivity index (χ0v) is 9.31. The average Bonchev–Trinajstić information content (AvgIpc) is 2.27. The molecule has 0 spiro atoms. The van der Waals surface area contributed by atoms with Gasteiger partial charge in [-0.1, -0.05) is 0 Å². The number of hydrogen-bond donors (Lipinski definition) is 1. The van der Waals surface area contributed by atoms with Gasteiger partial charge in [-0.3, -0.25) is 4.79 Å². The molecule has 0 radical (unpaired) electrons. The highest BCUT2D eigenvalue weighted by molar-refractivity contribution is 8.00. The lowest BCUT2D eigenvalue weighted by molar-refractivity contribution is -0.113. The number of carbonyl (C=O) groups is 1. The first-order chi connectivity index (χ1) is 7.26. The van der Waals surface area contributed by atoms with E-state index in [0.29, 0.717) is 17.2 Å². The Morgan fingerprint density at radius 2 is 1.93 bits per heavy atom. The average molecular weight is 225 g/mol. The van der Waals surface area contributed by atoms with Crippen molar-refractivity contribution in [1.29, 1.82) is 0 Å². The van der Waals surface area contributed by atoms with Crippen molar-refractivity contribution in [3.05, 3.63) is 12.1 Å². The van der Waals surface area contributed by atoms with Crippen LogP contribution in [0.1, 0.15) is 0 Å². The predicted molar refractivity (Wildman–Crippen MR) is 58.9 cm³/mol. The maximum atomic E-state index is 11.3. The van der Waals surface area contributed by atoms with Crippen LogP contribution in [0.5, 0.6) is 11.5 Å². The monoisotopic (exact) mass is 225 g/mol. The number of fused-ring (bicyclic) bond motifs is 1. The van der Waals surface area contributed by atoms with Crippen LogP contribution in [0.3, 0.4) is 0 Å². The quantitative estimate of drug-likeness (QED) is 0.833. The van der Waals surface area contributed by atoms with E-state index < -0.39 is 0 Å². The zero-order chi connectivity index (χ0) is 10.8. The molecule has 1 amide bonds. The molecule has 0 fully saturated rings. The van der Waals surface area contributed by atoms with Gasteiger partial charge in [0.2, 0.25) is 5.91 Å². The van der Waals surface area contributed by atoms with Gasteiger partial charge in [0.05, 0.1) is 24.9 Å². The molecule has 0 aromatic heterocycles. The van der Waals surface area contributed by atoms with Crippen LogP contribution >= 0.6 is 11.8 Å². The van der Waals surface area contributed by atoms with Gasteiger partial charge in [-0.05, 0) is 12.1 Å². The Kier molecular flexibility index (Phi) is 2.73. The molecule has 1 aliphatic rings. The fourth-order valence-electron chi connectivity index (χ4n) is 1.45. The van der Waals surface area contributed by atoms with Crippen molar-refractivity contribution in [2.75, 3.05) is 25.3 Å². The molecule has 1 aromatic carbocycles. The molecule has 0 bridgehead atoms. The predicted octanol–water partition coefficient (Wildman–Crippen LogP) is 1.75. The standard InChI is InChI=1S/C10H11NO3S/c1-13-6-3-4-7(14-2)10-9(6)11-8(12)5-15-10/h3-4H,5H2,1-2H3,(H,11,12). The lowest BCUT2D eigenvalue weighted by Gasteiger charge is -2.20. The summed E-state index contributed by atoms with van der Waals surface area (Å²) in [4.78, 5) is 12.2. The lowest BCUT2D eigenvalue weighted by atomic mass is 10.2. The number of carbonyl (C=O) groups excluding carboxylic acids is 1. The summed E-state index contributed by atoms with van der Waals surface area (Å²) in [6.45, 7) is 0. The largest absolute Gasteiger partial charge is 0.496 e. The van der Waals surface area contributed by atoms with Gasteiger partial charge in [0, 0.05) is 0 Å². The van der Waals surface area contributed by atoms with E-state index in [1.807, 2.05) is 6.07 Å². The molecule has 80 valence electrons. The summed E-state index contributed by atoms with van der Waals surface area (Å²) >= 11 is 1.46. The number of ether oxygens (including phenoxy) is 2. The SMILES string of the molecule is COc1ccc(OC)c2c1NC(=O)CS2. The van der Waals surface area contributed by atoms with Crippen LogP contribution < -0.4 is 14.8 Å². The normalized spacial score (nSPS) is 14.1. The Morgan fingerprint density at radius 3 is 2.60 bits per heavy atom. The molecule has 0 saturated heterocycles. The third kappa shape index (κ3) is 1.74. The van der Waals surface area contributed by atoms with E-state index in [2.05, 4.69) is 5.32 Å². The summed E-state index contributed by atoms with van der Waals surface area (Å²) in [5, 5.41) is 2.79. The van der Waals surface area contributed by atoms with Gasteiger partial charge < -0.3 is 14.8 Å². The summed E-state index contributed by atoms with van der Waals surface area (Å²) in [6, 6.07) is 3.62. The second kappa shape index (κ2) is 4.02. The Bertz CT molecular complexity index is 406. The molecule has 4 nitrogen and oxygen atoms in total. The smallest absolute Gasteiger partial charge is 0.234 e. The van der Waals surface area contributed by atoms with Gasteiger partial charge in [0.15, 0.2) is 0 Å². The summed E-state index contributed by atoms with van der Waals surface area (Å²) < 4.78 is 10.4. The maximum absolute atomic E-state index is 11.3. The fourth-order valence-corrected chi connectivity index (χ4v) is 2.39. The summed E-state index contributed by atoms with van der Waals surface area (Å²) in [6.07, 6.45) is 0.